The summed E-state index contributed by atoms with van der Waals surface area (Å²) in [6, 6.07) is 5.41. The summed E-state index contributed by atoms with van der Waals surface area (Å²) in [4.78, 5) is 0. The molecule has 100 valence electrons. The molecule has 0 atom stereocenters. The SMILES string of the molecule is CCC1(NCc2ccc(C(F)(F)F)cc2)CCC1. The zero-order valence-electron chi connectivity index (χ0n) is 10.5. The van der Waals surface area contributed by atoms with Crippen LogP contribution in [0.1, 0.15) is 43.7 Å². The lowest BCUT2D eigenvalue weighted by Gasteiger charge is -2.42. The molecule has 1 N–H and O–H groups in total. The van der Waals surface area contributed by atoms with Crippen molar-refractivity contribution < 1.29 is 13.2 Å². The molecule has 0 amide bonds. The fourth-order valence-electron chi connectivity index (χ4n) is 2.36. The maximum atomic E-state index is 12.4. The molecule has 1 aromatic rings. The zero-order chi connectivity index (χ0) is 13.2. The Morgan fingerprint density at radius 3 is 2.17 bits per heavy atom. The molecule has 0 spiro atoms. The second-order valence-corrected chi connectivity index (χ2v) is 5.04. The summed E-state index contributed by atoms with van der Waals surface area (Å²) in [7, 11) is 0. The third-order valence-corrected chi connectivity index (χ3v) is 3.94. The first-order valence-electron chi connectivity index (χ1n) is 6.36. The molecule has 0 bridgehead atoms. The van der Waals surface area contributed by atoms with Gasteiger partial charge in [0.05, 0.1) is 5.56 Å². The van der Waals surface area contributed by atoms with E-state index in [1.54, 1.807) is 12.1 Å². The second kappa shape index (κ2) is 4.92. The van der Waals surface area contributed by atoms with Crippen LogP contribution < -0.4 is 5.32 Å². The highest BCUT2D eigenvalue weighted by atomic mass is 19.4. The van der Waals surface area contributed by atoms with Crippen LogP contribution in [-0.4, -0.2) is 5.54 Å². The van der Waals surface area contributed by atoms with Crippen molar-refractivity contribution in [2.24, 2.45) is 0 Å². The molecule has 1 fully saturated rings. The quantitative estimate of drug-likeness (QED) is 0.855. The number of benzene rings is 1. The summed E-state index contributed by atoms with van der Waals surface area (Å²) in [6.45, 7) is 2.80. The predicted octanol–water partition coefficient (Wildman–Crippen LogP) is 4.13. The second-order valence-electron chi connectivity index (χ2n) is 5.04. The summed E-state index contributed by atoms with van der Waals surface area (Å²) in [5.74, 6) is 0. The van der Waals surface area contributed by atoms with Gasteiger partial charge in [-0.1, -0.05) is 19.1 Å². The summed E-state index contributed by atoms with van der Waals surface area (Å²) >= 11 is 0. The largest absolute Gasteiger partial charge is 0.416 e. The van der Waals surface area contributed by atoms with Gasteiger partial charge in [0.25, 0.3) is 0 Å². The van der Waals surface area contributed by atoms with Gasteiger partial charge >= 0.3 is 6.18 Å². The average molecular weight is 257 g/mol. The molecule has 0 saturated heterocycles. The molecule has 1 aliphatic carbocycles. The van der Waals surface area contributed by atoms with E-state index in [4.69, 9.17) is 0 Å². The fourth-order valence-corrected chi connectivity index (χ4v) is 2.36. The van der Waals surface area contributed by atoms with Crippen LogP contribution in [0.25, 0.3) is 0 Å². The molecular formula is C14H18F3N. The van der Waals surface area contributed by atoms with Gasteiger partial charge in [0.2, 0.25) is 0 Å². The molecule has 1 aliphatic rings. The lowest BCUT2D eigenvalue weighted by atomic mass is 9.75. The van der Waals surface area contributed by atoms with Crippen molar-refractivity contribution >= 4 is 0 Å². The van der Waals surface area contributed by atoms with Gasteiger partial charge in [-0.05, 0) is 43.4 Å². The van der Waals surface area contributed by atoms with E-state index in [-0.39, 0.29) is 5.54 Å². The van der Waals surface area contributed by atoms with E-state index < -0.39 is 11.7 Å². The van der Waals surface area contributed by atoms with Gasteiger partial charge in [0, 0.05) is 12.1 Å². The van der Waals surface area contributed by atoms with Crippen LogP contribution >= 0.6 is 0 Å². The first-order chi connectivity index (χ1) is 8.45. The number of hydrogen-bond donors (Lipinski definition) is 1. The highest BCUT2D eigenvalue weighted by Crippen LogP contribution is 2.35. The Hall–Kier alpha value is -1.03. The minimum Gasteiger partial charge on any atom is -0.307 e. The number of alkyl halides is 3. The lowest BCUT2D eigenvalue weighted by molar-refractivity contribution is -0.137. The summed E-state index contributed by atoms with van der Waals surface area (Å²) < 4.78 is 37.2. The molecule has 18 heavy (non-hydrogen) atoms. The Morgan fingerprint density at radius 1 is 1.17 bits per heavy atom. The monoisotopic (exact) mass is 257 g/mol. The van der Waals surface area contributed by atoms with Gasteiger partial charge in [-0.25, -0.2) is 0 Å². The minimum atomic E-state index is -4.25. The Bertz CT molecular complexity index is 385. The number of nitrogens with one attached hydrogen (secondary N) is 1. The van der Waals surface area contributed by atoms with Gasteiger partial charge in [-0.2, -0.15) is 13.2 Å². The summed E-state index contributed by atoms with van der Waals surface area (Å²) in [5.41, 5.74) is 0.547. The maximum Gasteiger partial charge on any atom is 0.416 e. The normalized spacial score (nSPS) is 18.4. The lowest BCUT2D eigenvalue weighted by Crippen LogP contribution is -2.49. The van der Waals surface area contributed by atoms with Gasteiger partial charge < -0.3 is 5.32 Å². The Balaban J connectivity index is 1.94. The molecule has 1 aromatic carbocycles. The van der Waals surface area contributed by atoms with Crippen molar-refractivity contribution in [2.45, 2.75) is 50.9 Å². The van der Waals surface area contributed by atoms with E-state index in [2.05, 4.69) is 12.2 Å². The smallest absolute Gasteiger partial charge is 0.307 e. The van der Waals surface area contributed by atoms with Crippen molar-refractivity contribution in [2.75, 3.05) is 0 Å². The third-order valence-electron chi connectivity index (χ3n) is 3.94. The van der Waals surface area contributed by atoms with Crippen LogP contribution in [0.3, 0.4) is 0 Å². The highest BCUT2D eigenvalue weighted by molar-refractivity contribution is 5.24. The molecule has 0 aliphatic heterocycles. The predicted molar refractivity (Wildman–Crippen MR) is 65.2 cm³/mol. The number of hydrogen-bond acceptors (Lipinski definition) is 1. The van der Waals surface area contributed by atoms with Crippen LogP contribution in [0.2, 0.25) is 0 Å². The minimum absolute atomic E-state index is 0.225. The van der Waals surface area contributed by atoms with Crippen molar-refractivity contribution in [1.82, 2.24) is 5.32 Å². The molecule has 0 unspecified atom stereocenters. The molecular weight excluding hydrogens is 239 g/mol. The van der Waals surface area contributed by atoms with Crippen molar-refractivity contribution in [1.29, 1.82) is 0 Å². The molecule has 0 aromatic heterocycles. The van der Waals surface area contributed by atoms with Crippen molar-refractivity contribution in [3.8, 4) is 0 Å². The molecule has 4 heteroatoms. The van der Waals surface area contributed by atoms with E-state index in [9.17, 15) is 13.2 Å². The first kappa shape index (κ1) is 13.4. The van der Waals surface area contributed by atoms with Crippen LogP contribution in [0.15, 0.2) is 24.3 Å². The zero-order valence-corrected chi connectivity index (χ0v) is 10.5. The molecule has 0 heterocycles. The maximum absolute atomic E-state index is 12.4. The molecule has 0 radical (unpaired) electrons. The Kier molecular flexibility index (Phi) is 3.66. The molecule has 1 nitrogen and oxygen atoms in total. The Labute approximate surface area is 105 Å². The standard InChI is InChI=1S/C14H18F3N/c1-2-13(8-3-9-13)18-10-11-4-6-12(7-5-11)14(15,16)17/h4-7,18H,2-3,8-10H2,1H3. The Morgan fingerprint density at radius 2 is 1.78 bits per heavy atom. The molecule has 2 rings (SSSR count). The number of halogens is 3. The van der Waals surface area contributed by atoms with Gasteiger partial charge in [0.15, 0.2) is 0 Å². The van der Waals surface area contributed by atoms with E-state index in [1.807, 2.05) is 0 Å². The molecule has 1 saturated carbocycles. The average Bonchev–Trinajstić information content (AvgIpc) is 2.28. The van der Waals surface area contributed by atoms with Crippen LogP contribution in [0.4, 0.5) is 13.2 Å². The van der Waals surface area contributed by atoms with E-state index in [0.29, 0.717) is 6.54 Å². The van der Waals surface area contributed by atoms with E-state index >= 15 is 0 Å². The van der Waals surface area contributed by atoms with Crippen molar-refractivity contribution in [3.05, 3.63) is 35.4 Å². The topological polar surface area (TPSA) is 12.0 Å². The fraction of sp³-hybridized carbons (Fsp3) is 0.571. The summed E-state index contributed by atoms with van der Waals surface area (Å²) in [6.07, 6.45) is 0.417. The first-order valence-corrected chi connectivity index (χ1v) is 6.36. The summed E-state index contributed by atoms with van der Waals surface area (Å²) in [5, 5.41) is 3.48. The van der Waals surface area contributed by atoms with Crippen LogP contribution in [0.5, 0.6) is 0 Å². The third kappa shape index (κ3) is 2.86. The van der Waals surface area contributed by atoms with E-state index in [1.165, 1.54) is 19.3 Å². The number of rotatable bonds is 4. The van der Waals surface area contributed by atoms with Gasteiger partial charge in [0.1, 0.15) is 0 Å². The van der Waals surface area contributed by atoms with Gasteiger partial charge in [-0.15, -0.1) is 0 Å². The van der Waals surface area contributed by atoms with Crippen LogP contribution in [-0.2, 0) is 12.7 Å². The van der Waals surface area contributed by atoms with Crippen LogP contribution in [0, 0.1) is 0 Å². The van der Waals surface area contributed by atoms with Gasteiger partial charge in [-0.3, -0.25) is 0 Å². The highest BCUT2D eigenvalue weighted by Gasteiger charge is 2.34. The van der Waals surface area contributed by atoms with Crippen molar-refractivity contribution in [3.63, 3.8) is 0 Å². The van der Waals surface area contributed by atoms with E-state index in [0.717, 1.165) is 24.1 Å².